The van der Waals surface area contributed by atoms with Crippen LogP contribution in [0.25, 0.3) is 0 Å². The molecule has 4 heteroatoms. The van der Waals surface area contributed by atoms with Crippen molar-refractivity contribution in [2.45, 2.75) is 6.61 Å². The number of carbonyl (C=O) groups excluding carboxylic acids is 1. The summed E-state index contributed by atoms with van der Waals surface area (Å²) in [4.78, 5) is 10.6. The van der Waals surface area contributed by atoms with Crippen molar-refractivity contribution in [1.82, 2.24) is 0 Å². The molecule has 0 aliphatic heterocycles. The normalized spacial score (nSPS) is 9.95. The minimum Gasteiger partial charge on any atom is -0.489 e. The van der Waals surface area contributed by atoms with E-state index in [9.17, 15) is 4.79 Å². The monoisotopic (exact) mass is 276 g/mol. The molecule has 2 rings (SSSR count). The lowest BCUT2D eigenvalue weighted by Crippen LogP contribution is -2.04. The number of ether oxygens (including phenoxy) is 2. The summed E-state index contributed by atoms with van der Waals surface area (Å²) < 4.78 is 10.8. The van der Waals surface area contributed by atoms with E-state index in [0.29, 0.717) is 12.4 Å². The average Bonchev–Trinajstić information content (AvgIpc) is 2.45. The number of benzene rings is 2. The van der Waals surface area contributed by atoms with Gasteiger partial charge in [0.05, 0.1) is 0 Å². The molecule has 19 heavy (non-hydrogen) atoms. The molecule has 0 radical (unpaired) electrons. The van der Waals surface area contributed by atoms with Crippen LogP contribution in [-0.2, 0) is 11.4 Å². The lowest BCUT2D eigenvalue weighted by molar-refractivity contribution is -0.113. The van der Waals surface area contributed by atoms with E-state index in [4.69, 9.17) is 21.1 Å². The topological polar surface area (TPSA) is 35.5 Å². The van der Waals surface area contributed by atoms with Gasteiger partial charge in [0, 0.05) is 0 Å². The maximum Gasteiger partial charge on any atom is 0.259 e. The van der Waals surface area contributed by atoms with E-state index in [2.05, 4.69) is 0 Å². The zero-order valence-electron chi connectivity index (χ0n) is 10.2. The third kappa shape index (κ3) is 4.64. The molecule has 0 unspecified atom stereocenters. The first-order valence-corrected chi connectivity index (χ1v) is 6.20. The summed E-state index contributed by atoms with van der Waals surface area (Å²) in [5, 5.41) is -0.524. The molecule has 2 aromatic rings. The van der Waals surface area contributed by atoms with Gasteiger partial charge >= 0.3 is 0 Å². The van der Waals surface area contributed by atoms with Gasteiger partial charge in [0.25, 0.3) is 5.24 Å². The first kappa shape index (κ1) is 13.4. The van der Waals surface area contributed by atoms with Gasteiger partial charge in [0.2, 0.25) is 0 Å². The lowest BCUT2D eigenvalue weighted by Gasteiger charge is -2.07. The Morgan fingerprint density at radius 2 is 1.47 bits per heavy atom. The number of carbonyl (C=O) groups is 1. The molecule has 0 heterocycles. The molecule has 0 aliphatic carbocycles. The summed E-state index contributed by atoms with van der Waals surface area (Å²) in [6.45, 7) is 0.382. The van der Waals surface area contributed by atoms with Crippen molar-refractivity contribution in [2.24, 2.45) is 0 Å². The minimum atomic E-state index is -0.524. The van der Waals surface area contributed by atoms with Crippen LogP contribution in [-0.4, -0.2) is 11.8 Å². The van der Waals surface area contributed by atoms with Crippen molar-refractivity contribution in [3.05, 3.63) is 60.2 Å². The summed E-state index contributed by atoms with van der Waals surface area (Å²) in [6, 6.07) is 17.0. The van der Waals surface area contributed by atoms with Gasteiger partial charge in [0.1, 0.15) is 18.1 Å². The molecule has 3 nitrogen and oxygen atoms in total. The van der Waals surface area contributed by atoms with Gasteiger partial charge in [-0.3, -0.25) is 4.79 Å². The van der Waals surface area contributed by atoms with Gasteiger partial charge in [-0.15, -0.1) is 0 Å². The number of hydrogen-bond acceptors (Lipinski definition) is 3. The predicted octanol–water partition coefficient (Wildman–Crippen LogP) is 3.41. The van der Waals surface area contributed by atoms with Crippen molar-refractivity contribution in [3.8, 4) is 11.5 Å². The second kappa shape index (κ2) is 6.81. The van der Waals surface area contributed by atoms with Crippen molar-refractivity contribution >= 4 is 16.8 Å². The fraction of sp³-hybridized carbons (Fsp3) is 0.133. The van der Waals surface area contributed by atoms with Crippen LogP contribution >= 0.6 is 11.6 Å². The molecule has 2 aromatic carbocycles. The molecule has 0 bridgehead atoms. The van der Waals surface area contributed by atoms with E-state index in [0.717, 1.165) is 11.3 Å². The van der Waals surface area contributed by atoms with Crippen molar-refractivity contribution < 1.29 is 14.3 Å². The molecule has 0 saturated heterocycles. The quantitative estimate of drug-likeness (QED) is 0.759. The predicted molar refractivity (Wildman–Crippen MR) is 73.6 cm³/mol. The summed E-state index contributed by atoms with van der Waals surface area (Å²) >= 11 is 5.19. The molecule has 0 atom stereocenters. The van der Waals surface area contributed by atoms with E-state index in [1.165, 1.54) is 0 Å². The van der Waals surface area contributed by atoms with Gasteiger partial charge in [-0.2, -0.15) is 0 Å². The molecule has 0 aliphatic rings. The van der Waals surface area contributed by atoms with E-state index in [1.807, 2.05) is 30.3 Å². The maximum absolute atomic E-state index is 10.6. The Morgan fingerprint density at radius 3 is 2.05 bits per heavy atom. The number of rotatable bonds is 6. The summed E-state index contributed by atoms with van der Waals surface area (Å²) in [7, 11) is 0. The molecule has 0 fully saturated rings. The first-order valence-electron chi connectivity index (χ1n) is 5.82. The van der Waals surface area contributed by atoms with Crippen molar-refractivity contribution in [3.63, 3.8) is 0 Å². The molecule has 0 N–H and O–H groups in total. The molecular weight excluding hydrogens is 264 g/mol. The maximum atomic E-state index is 10.6. The van der Waals surface area contributed by atoms with Gasteiger partial charge in [-0.05, 0) is 41.4 Å². The van der Waals surface area contributed by atoms with E-state index in [1.54, 1.807) is 24.3 Å². The molecule has 98 valence electrons. The smallest absolute Gasteiger partial charge is 0.259 e. The zero-order chi connectivity index (χ0) is 13.5. The molecule has 0 saturated carbocycles. The second-order valence-electron chi connectivity index (χ2n) is 3.89. The Morgan fingerprint density at radius 1 is 0.895 bits per heavy atom. The van der Waals surface area contributed by atoms with Gasteiger partial charge in [-0.25, -0.2) is 0 Å². The average molecular weight is 277 g/mol. The highest BCUT2D eigenvalue weighted by Gasteiger charge is 2.00. The highest BCUT2D eigenvalue weighted by Crippen LogP contribution is 2.18. The van der Waals surface area contributed by atoms with Crippen LogP contribution in [0.4, 0.5) is 0 Å². The Balaban J connectivity index is 1.86. The van der Waals surface area contributed by atoms with Crippen molar-refractivity contribution in [1.29, 1.82) is 0 Å². The van der Waals surface area contributed by atoms with E-state index in [-0.39, 0.29) is 6.61 Å². The fourth-order valence-electron chi connectivity index (χ4n) is 1.51. The van der Waals surface area contributed by atoms with Crippen LogP contribution in [0.1, 0.15) is 5.56 Å². The van der Waals surface area contributed by atoms with E-state index >= 15 is 0 Å². The van der Waals surface area contributed by atoms with Crippen molar-refractivity contribution in [2.75, 3.05) is 6.61 Å². The van der Waals surface area contributed by atoms with Crippen LogP contribution < -0.4 is 9.47 Å². The number of halogens is 1. The zero-order valence-corrected chi connectivity index (χ0v) is 11.0. The van der Waals surface area contributed by atoms with Gasteiger partial charge in [-0.1, -0.05) is 30.3 Å². The fourth-order valence-corrected chi connectivity index (χ4v) is 1.57. The molecule has 0 aromatic heterocycles. The molecule has 0 spiro atoms. The Labute approximate surface area is 116 Å². The highest BCUT2D eigenvalue weighted by atomic mass is 35.5. The van der Waals surface area contributed by atoms with Crippen LogP contribution in [0.3, 0.4) is 0 Å². The third-order valence-corrected chi connectivity index (χ3v) is 2.53. The van der Waals surface area contributed by atoms with Crippen LogP contribution in [0.15, 0.2) is 54.6 Å². The Kier molecular flexibility index (Phi) is 4.81. The second-order valence-corrected chi connectivity index (χ2v) is 4.31. The van der Waals surface area contributed by atoms with Gasteiger partial charge in [0.15, 0.2) is 6.61 Å². The Hall–Kier alpha value is -2.00. The first-order chi connectivity index (χ1) is 9.24. The number of hydrogen-bond donors (Lipinski definition) is 0. The van der Waals surface area contributed by atoms with Gasteiger partial charge < -0.3 is 9.47 Å². The highest BCUT2D eigenvalue weighted by molar-refractivity contribution is 6.63. The van der Waals surface area contributed by atoms with E-state index < -0.39 is 5.24 Å². The Bertz CT molecular complexity index is 523. The summed E-state index contributed by atoms with van der Waals surface area (Å²) in [5.41, 5.74) is 1.11. The standard InChI is InChI=1S/C15H13ClO3/c16-15(17)11-19-14-8-6-13(7-9-14)18-10-12-4-2-1-3-5-12/h1-9H,10-11H2. The minimum absolute atomic E-state index is 0.133. The van der Waals surface area contributed by atoms with Crippen LogP contribution in [0, 0.1) is 0 Å². The lowest BCUT2D eigenvalue weighted by atomic mass is 10.2. The van der Waals surface area contributed by atoms with Crippen LogP contribution in [0.5, 0.6) is 11.5 Å². The molecular formula is C15H13ClO3. The SMILES string of the molecule is O=C(Cl)COc1ccc(OCc2ccccc2)cc1. The largest absolute Gasteiger partial charge is 0.489 e. The molecule has 0 amide bonds. The summed E-state index contributed by atoms with van der Waals surface area (Å²) in [5.74, 6) is 1.33. The third-order valence-electron chi connectivity index (χ3n) is 2.42. The summed E-state index contributed by atoms with van der Waals surface area (Å²) in [6.07, 6.45) is 0. The van der Waals surface area contributed by atoms with Crippen LogP contribution in [0.2, 0.25) is 0 Å².